The summed E-state index contributed by atoms with van der Waals surface area (Å²) in [4.78, 5) is 84.6. The molecular weight excluding hydrogens is 801 g/mol. The molecule has 15 nitrogen and oxygen atoms in total. The van der Waals surface area contributed by atoms with Gasteiger partial charge >= 0.3 is 0 Å². The maximum atomic E-state index is 14.0. The Labute approximate surface area is 373 Å². The van der Waals surface area contributed by atoms with Crippen molar-refractivity contribution in [1.29, 1.82) is 0 Å². The van der Waals surface area contributed by atoms with Crippen LogP contribution in [-0.2, 0) is 41.6 Å². The molecule has 0 radical (unpaired) electrons. The second-order valence-corrected chi connectivity index (χ2v) is 18.5. The van der Waals surface area contributed by atoms with Gasteiger partial charge in [-0.1, -0.05) is 52.0 Å². The van der Waals surface area contributed by atoms with Crippen molar-refractivity contribution in [2.75, 3.05) is 27.2 Å². The molecule has 2 aromatic carbocycles. The number of carbonyl (C=O) groups excluding carboxylic acids is 6. The van der Waals surface area contributed by atoms with Crippen molar-refractivity contribution in [3.05, 3.63) is 58.7 Å². The molecule has 2 aliphatic carbocycles. The van der Waals surface area contributed by atoms with Crippen LogP contribution in [0.25, 0.3) is 0 Å². The lowest BCUT2D eigenvalue weighted by atomic mass is 9.86. The first-order valence-corrected chi connectivity index (χ1v) is 23.2. The van der Waals surface area contributed by atoms with E-state index < -0.39 is 36.3 Å². The van der Waals surface area contributed by atoms with Gasteiger partial charge in [0.1, 0.15) is 35.7 Å². The van der Waals surface area contributed by atoms with Gasteiger partial charge in [-0.3, -0.25) is 28.8 Å². The Morgan fingerprint density at radius 1 is 0.571 bits per heavy atom. The first-order valence-electron chi connectivity index (χ1n) is 23.2. The van der Waals surface area contributed by atoms with Crippen LogP contribution >= 0.6 is 0 Å². The van der Waals surface area contributed by atoms with Crippen LogP contribution in [0.4, 0.5) is 0 Å². The molecule has 15 heteroatoms. The normalized spacial score (nSPS) is 22.6. The molecule has 0 aromatic heterocycles. The second-order valence-electron chi connectivity index (χ2n) is 18.5. The molecule has 0 unspecified atom stereocenters. The van der Waals surface area contributed by atoms with E-state index in [9.17, 15) is 28.8 Å². The van der Waals surface area contributed by atoms with Crippen LogP contribution in [0, 0.1) is 11.8 Å². The lowest BCUT2D eigenvalue weighted by molar-refractivity contribution is -0.142. The lowest BCUT2D eigenvalue weighted by Gasteiger charge is -2.33. The summed E-state index contributed by atoms with van der Waals surface area (Å²) < 4.78 is 6.78. The molecule has 63 heavy (non-hydrogen) atoms. The topological polar surface area (TPSA) is 190 Å². The monoisotopic (exact) mass is 871 g/mol. The predicted molar refractivity (Wildman–Crippen MR) is 241 cm³/mol. The third kappa shape index (κ3) is 10.7. The van der Waals surface area contributed by atoms with Gasteiger partial charge in [-0.2, -0.15) is 0 Å². The molecule has 0 spiro atoms. The summed E-state index contributed by atoms with van der Waals surface area (Å²) in [5, 5.41) is 18.2. The number of rotatable bonds is 16. The van der Waals surface area contributed by atoms with Crippen molar-refractivity contribution in [2.45, 2.75) is 154 Å². The highest BCUT2D eigenvalue weighted by Crippen LogP contribution is 2.41. The molecule has 6 N–H and O–H groups in total. The van der Waals surface area contributed by atoms with E-state index in [0.29, 0.717) is 38.8 Å². The van der Waals surface area contributed by atoms with E-state index in [1.165, 1.54) is 0 Å². The van der Waals surface area contributed by atoms with Gasteiger partial charge in [-0.05, 0) is 127 Å². The zero-order valence-electron chi connectivity index (χ0n) is 38.5. The molecule has 0 saturated carbocycles. The number of hydrogen-bond acceptors (Lipinski definition) is 9. The highest BCUT2D eigenvalue weighted by Gasteiger charge is 2.42. The molecule has 0 bridgehead atoms. The average molecular weight is 871 g/mol. The molecule has 344 valence electrons. The lowest BCUT2D eigenvalue weighted by Crippen LogP contribution is -2.57. The highest BCUT2D eigenvalue weighted by atomic mass is 16.5. The van der Waals surface area contributed by atoms with Crippen molar-refractivity contribution in [2.24, 2.45) is 11.8 Å². The Morgan fingerprint density at radius 2 is 0.968 bits per heavy atom. The van der Waals surface area contributed by atoms with Crippen LogP contribution in [0.5, 0.6) is 11.5 Å². The van der Waals surface area contributed by atoms with Crippen molar-refractivity contribution in [3.63, 3.8) is 0 Å². The van der Waals surface area contributed by atoms with Crippen molar-refractivity contribution in [3.8, 4) is 11.5 Å². The van der Waals surface area contributed by atoms with Gasteiger partial charge in [-0.15, -0.1) is 0 Å². The van der Waals surface area contributed by atoms with E-state index in [-0.39, 0.29) is 59.4 Å². The van der Waals surface area contributed by atoms with Gasteiger partial charge in [0.2, 0.25) is 35.4 Å². The number of fused-ring (bicyclic) bond motifs is 2. The van der Waals surface area contributed by atoms with Crippen molar-refractivity contribution in [1.82, 2.24) is 41.7 Å². The smallest absolute Gasteiger partial charge is 0.246 e. The zero-order chi connectivity index (χ0) is 45.5. The summed E-state index contributed by atoms with van der Waals surface area (Å²) in [5.41, 5.74) is 4.07. The Hall–Kier alpha value is -5.02. The predicted octanol–water partition coefficient (Wildman–Crippen LogP) is 3.95. The molecule has 6 amide bonds. The third-order valence-corrected chi connectivity index (χ3v) is 13.6. The summed E-state index contributed by atoms with van der Waals surface area (Å²) >= 11 is 0. The van der Waals surface area contributed by atoms with Gasteiger partial charge in [-0.25, -0.2) is 0 Å². The van der Waals surface area contributed by atoms with E-state index in [1.807, 2.05) is 64.1 Å². The average Bonchev–Trinajstić information content (AvgIpc) is 3.98. The molecule has 2 saturated heterocycles. The molecular formula is C48H70N8O7. The summed E-state index contributed by atoms with van der Waals surface area (Å²) in [6.07, 6.45) is 7.28. The SMILES string of the molecule is CN[C@@H](C)C(=O)N[C@H](C(=O)N1CCC[C@H]1C(=O)N[C@@H]1CCCc2c(Oc3cccc4c3CCC[C@H]4NC(=O)[C@@H]3CCCN3C(=O)[C@@H](NC(=O)[C@H](C)NC)C(C)C)cccc21)C(C)C. The van der Waals surface area contributed by atoms with Crippen LogP contribution in [0.3, 0.4) is 0 Å². The zero-order valence-corrected chi connectivity index (χ0v) is 38.5. The quantitative estimate of drug-likeness (QED) is 0.145. The number of likely N-dealkylation sites (N-methyl/N-ethyl adjacent to an activating group) is 2. The summed E-state index contributed by atoms with van der Waals surface area (Å²) in [7, 11) is 3.39. The van der Waals surface area contributed by atoms with Gasteiger partial charge in [0.25, 0.3) is 0 Å². The minimum absolute atomic E-state index is 0.156. The number of nitrogens with one attached hydrogen (secondary N) is 6. The molecule has 6 rings (SSSR count). The molecule has 2 aromatic rings. The van der Waals surface area contributed by atoms with E-state index in [4.69, 9.17) is 4.74 Å². The van der Waals surface area contributed by atoms with Crippen LogP contribution < -0.4 is 36.6 Å². The summed E-state index contributed by atoms with van der Waals surface area (Å²) in [6.45, 7) is 12.0. The minimum Gasteiger partial charge on any atom is -0.457 e. The Balaban J connectivity index is 1.14. The highest BCUT2D eigenvalue weighted by molar-refractivity contribution is 5.95. The van der Waals surface area contributed by atoms with Gasteiger partial charge in [0.15, 0.2) is 0 Å². The minimum atomic E-state index is -0.739. The number of amides is 6. The van der Waals surface area contributed by atoms with Crippen LogP contribution in [0.15, 0.2) is 36.4 Å². The number of benzene rings is 2. The van der Waals surface area contributed by atoms with Gasteiger partial charge in [0.05, 0.1) is 24.2 Å². The first kappa shape index (κ1) is 47.5. The number of carbonyl (C=O) groups is 6. The second kappa shape index (κ2) is 21.1. The number of ether oxygens (including phenoxy) is 1. The van der Waals surface area contributed by atoms with Crippen LogP contribution in [0.2, 0.25) is 0 Å². The van der Waals surface area contributed by atoms with Crippen LogP contribution in [-0.4, -0.2) is 109 Å². The molecule has 2 heterocycles. The fourth-order valence-corrected chi connectivity index (χ4v) is 9.58. The standard InChI is InChI=1S/C48H70N8O7/c1-27(2)41(53-43(57)29(5)49-7)47(61)55-25-13-21-37(55)45(59)51-35-19-9-17-33-31(35)15-11-23-39(33)63-40-24-12-16-32-34(40)18-10-20-36(32)52-46(60)38-22-14-26-56(38)48(62)42(28(3)4)54-44(58)30(6)50-8/h11-12,15-16,23-24,27-30,35-38,41-42,49-50H,9-10,13-14,17-22,25-26H2,1-8H3,(H,51,59)(H,52,60)(H,53,57)(H,54,58)/t29-,30-,35+,36+,37-,38-,41-,42-/m0/s1. The van der Waals surface area contributed by atoms with E-state index in [0.717, 1.165) is 72.3 Å². The fourth-order valence-electron chi connectivity index (χ4n) is 9.58. The summed E-state index contributed by atoms with van der Waals surface area (Å²) in [5.74, 6) is -0.231. The van der Waals surface area contributed by atoms with E-state index in [2.05, 4.69) is 31.9 Å². The van der Waals surface area contributed by atoms with Gasteiger partial charge < -0.3 is 46.4 Å². The molecule has 8 atom stereocenters. The van der Waals surface area contributed by atoms with Crippen molar-refractivity contribution < 1.29 is 33.5 Å². The molecule has 4 aliphatic rings. The van der Waals surface area contributed by atoms with Crippen LogP contribution in [0.1, 0.15) is 127 Å². The third-order valence-electron chi connectivity index (χ3n) is 13.6. The molecule has 2 fully saturated rings. The van der Waals surface area contributed by atoms with E-state index in [1.54, 1.807) is 37.7 Å². The summed E-state index contributed by atoms with van der Waals surface area (Å²) in [6, 6.07) is 7.78. The Morgan fingerprint density at radius 3 is 1.33 bits per heavy atom. The van der Waals surface area contributed by atoms with E-state index >= 15 is 0 Å². The largest absolute Gasteiger partial charge is 0.457 e. The Kier molecular flexibility index (Phi) is 15.9. The maximum absolute atomic E-state index is 14.0. The van der Waals surface area contributed by atoms with Crippen molar-refractivity contribution >= 4 is 35.4 Å². The first-order chi connectivity index (χ1) is 30.1. The maximum Gasteiger partial charge on any atom is 0.246 e. The van der Waals surface area contributed by atoms with Gasteiger partial charge in [0, 0.05) is 24.2 Å². The number of likely N-dealkylation sites (tertiary alicyclic amines) is 2. The Bertz CT molecular complexity index is 1870. The number of nitrogens with zero attached hydrogens (tertiary/aromatic N) is 2. The molecule has 2 aliphatic heterocycles. The number of hydrogen-bond donors (Lipinski definition) is 6. The fraction of sp³-hybridized carbons (Fsp3) is 0.625.